The van der Waals surface area contributed by atoms with Gasteiger partial charge in [-0.1, -0.05) is 0 Å². The molecule has 1 fully saturated rings. The molecule has 0 unspecified atom stereocenters. The molecule has 32 heavy (non-hydrogen) atoms. The van der Waals surface area contributed by atoms with Gasteiger partial charge >= 0.3 is 6.18 Å². The third kappa shape index (κ3) is 3.47. The Labute approximate surface area is 179 Å². The second-order valence-electron chi connectivity index (χ2n) is 7.47. The van der Waals surface area contributed by atoms with Crippen molar-refractivity contribution in [2.45, 2.75) is 13.1 Å². The van der Waals surface area contributed by atoms with Crippen LogP contribution in [-0.4, -0.2) is 53.4 Å². The van der Waals surface area contributed by atoms with Crippen LogP contribution in [0.4, 0.5) is 24.7 Å². The number of nitrogen functional groups attached to an aromatic ring is 1. The second kappa shape index (κ2) is 7.39. The fourth-order valence-electron chi connectivity index (χ4n) is 3.94. The van der Waals surface area contributed by atoms with E-state index in [0.29, 0.717) is 26.2 Å². The average Bonchev–Trinajstić information content (AvgIpc) is 3.00. The minimum Gasteiger partial charge on any atom is -0.384 e. The Morgan fingerprint density at radius 1 is 1.00 bits per heavy atom. The van der Waals surface area contributed by atoms with Crippen LogP contribution in [-0.2, 0) is 11.0 Å². The van der Waals surface area contributed by atoms with Gasteiger partial charge in [0.05, 0.1) is 28.1 Å². The van der Waals surface area contributed by atoms with E-state index in [1.807, 2.05) is 5.32 Å². The van der Waals surface area contributed by atoms with Crippen molar-refractivity contribution in [1.82, 2.24) is 14.8 Å². The van der Waals surface area contributed by atoms with Gasteiger partial charge in [-0.25, -0.2) is 0 Å². The highest BCUT2D eigenvalue weighted by Gasteiger charge is 2.35. The molecule has 168 valence electrons. The molecule has 0 saturated carbocycles. The number of nitrogens with zero attached hydrogens (tertiary/aromatic N) is 3. The molecule has 2 aliphatic rings. The Balaban J connectivity index is 1.89. The third-order valence-electron chi connectivity index (χ3n) is 5.56. The van der Waals surface area contributed by atoms with Crippen LogP contribution >= 0.6 is 0 Å². The summed E-state index contributed by atoms with van der Waals surface area (Å²) in [6.45, 7) is 2.76. The van der Waals surface area contributed by atoms with Gasteiger partial charge in [0.15, 0.2) is 0 Å². The molecule has 3 heterocycles. The van der Waals surface area contributed by atoms with Crippen LogP contribution in [0, 0.1) is 0 Å². The van der Waals surface area contributed by atoms with Crippen LogP contribution in [0.25, 0.3) is 5.69 Å². The van der Waals surface area contributed by atoms with E-state index >= 15 is 0 Å². The highest BCUT2D eigenvalue weighted by molar-refractivity contribution is 6.23. The quantitative estimate of drug-likeness (QED) is 0.661. The Hall–Kier alpha value is -3.83. The highest BCUT2D eigenvalue weighted by Crippen LogP contribution is 2.36. The second-order valence-corrected chi connectivity index (χ2v) is 7.47. The number of aromatic nitrogens is 1. The number of fused-ring (bicyclic) bond motifs is 1. The maximum Gasteiger partial charge on any atom is 0.416 e. The fraction of sp³-hybridized carbons (Fsp3) is 0.300. The molecule has 2 aliphatic heterocycles. The van der Waals surface area contributed by atoms with Crippen molar-refractivity contribution in [2.75, 3.05) is 36.8 Å². The number of pyridine rings is 1. The summed E-state index contributed by atoms with van der Waals surface area (Å²) in [5.74, 6) is -2.18. The molecular weight excluding hydrogens is 431 g/mol. The lowest BCUT2D eigenvalue weighted by atomic mass is 10.1. The maximum atomic E-state index is 13.4. The monoisotopic (exact) mass is 449 g/mol. The molecule has 0 atom stereocenters. The molecule has 0 radical (unpaired) electrons. The predicted molar refractivity (Wildman–Crippen MR) is 108 cm³/mol. The first-order valence-electron chi connectivity index (χ1n) is 9.62. The molecule has 1 aromatic carbocycles. The smallest absolute Gasteiger partial charge is 0.384 e. The van der Waals surface area contributed by atoms with Gasteiger partial charge in [0.1, 0.15) is 5.82 Å². The number of nitrogens with two attached hydrogens (primary N) is 1. The van der Waals surface area contributed by atoms with Crippen molar-refractivity contribution in [3.05, 3.63) is 51.3 Å². The van der Waals surface area contributed by atoms with Crippen LogP contribution < -0.4 is 21.5 Å². The van der Waals surface area contributed by atoms with E-state index in [1.54, 1.807) is 9.80 Å². The van der Waals surface area contributed by atoms with E-state index in [1.165, 1.54) is 13.0 Å². The summed E-state index contributed by atoms with van der Waals surface area (Å²) in [4.78, 5) is 51.8. The standard InChI is InChI=1S/C20H18F3N5O4/c1-10(29)26-4-6-27(7-5-26)13-3-2-11(20(21,22)23)8-14(13)28-15(30)9-12-16(17(28)24)19(32)25-18(12)31/h2-3,8-9H,4-7,24H2,1H3,(H,25,31,32). The number of hydrogen-bond acceptors (Lipinski definition) is 6. The zero-order valence-corrected chi connectivity index (χ0v) is 16.8. The molecule has 0 aliphatic carbocycles. The van der Waals surface area contributed by atoms with Crippen molar-refractivity contribution in [3.63, 3.8) is 0 Å². The number of anilines is 2. The highest BCUT2D eigenvalue weighted by atomic mass is 19.4. The molecule has 3 N–H and O–H groups in total. The lowest BCUT2D eigenvalue weighted by Crippen LogP contribution is -2.48. The molecule has 0 bridgehead atoms. The number of alkyl halides is 3. The van der Waals surface area contributed by atoms with E-state index in [9.17, 15) is 32.3 Å². The van der Waals surface area contributed by atoms with Crippen molar-refractivity contribution in [3.8, 4) is 5.69 Å². The number of amides is 3. The van der Waals surface area contributed by atoms with Crippen molar-refractivity contribution < 1.29 is 27.6 Å². The molecular formula is C20H18F3N5O4. The van der Waals surface area contributed by atoms with Crippen LogP contribution in [0.3, 0.4) is 0 Å². The summed E-state index contributed by atoms with van der Waals surface area (Å²) in [7, 11) is 0. The average molecular weight is 449 g/mol. The van der Waals surface area contributed by atoms with Gasteiger partial charge < -0.3 is 15.5 Å². The summed E-state index contributed by atoms with van der Waals surface area (Å²) < 4.78 is 41.1. The topological polar surface area (TPSA) is 118 Å². The summed E-state index contributed by atoms with van der Waals surface area (Å²) >= 11 is 0. The molecule has 12 heteroatoms. The Morgan fingerprint density at radius 2 is 1.66 bits per heavy atom. The summed E-state index contributed by atoms with van der Waals surface area (Å²) in [5, 5.41) is 2.02. The number of imide groups is 1. The molecule has 2 aromatic rings. The number of carbonyl (C=O) groups excluding carboxylic acids is 3. The fourth-order valence-corrected chi connectivity index (χ4v) is 3.94. The Bertz CT molecular complexity index is 1210. The predicted octanol–water partition coefficient (Wildman–Crippen LogP) is 0.991. The molecule has 1 saturated heterocycles. The van der Waals surface area contributed by atoms with Crippen molar-refractivity contribution in [1.29, 1.82) is 0 Å². The maximum absolute atomic E-state index is 13.4. The zero-order valence-electron chi connectivity index (χ0n) is 16.8. The van der Waals surface area contributed by atoms with E-state index in [4.69, 9.17) is 5.73 Å². The van der Waals surface area contributed by atoms with E-state index in [2.05, 4.69) is 0 Å². The molecule has 0 spiro atoms. The largest absolute Gasteiger partial charge is 0.416 e. The minimum absolute atomic E-state index is 0.118. The van der Waals surface area contributed by atoms with Crippen molar-refractivity contribution >= 4 is 29.2 Å². The number of rotatable bonds is 2. The summed E-state index contributed by atoms with van der Waals surface area (Å²) in [6.07, 6.45) is -4.69. The number of hydrogen-bond donors (Lipinski definition) is 2. The summed E-state index contributed by atoms with van der Waals surface area (Å²) in [6, 6.07) is 3.78. The van der Waals surface area contributed by atoms with E-state index in [0.717, 1.165) is 22.8 Å². The van der Waals surface area contributed by atoms with Gasteiger partial charge in [0.25, 0.3) is 17.4 Å². The molecule has 9 nitrogen and oxygen atoms in total. The summed E-state index contributed by atoms with van der Waals surface area (Å²) in [5.41, 5.74) is 3.79. The lowest BCUT2D eigenvalue weighted by Gasteiger charge is -2.37. The Kier molecular flexibility index (Phi) is 4.94. The third-order valence-corrected chi connectivity index (χ3v) is 5.56. The number of nitrogens with one attached hydrogen (secondary N) is 1. The van der Waals surface area contributed by atoms with Gasteiger partial charge in [-0.05, 0) is 18.2 Å². The normalized spacial score (nSPS) is 16.2. The molecule has 4 rings (SSSR count). The zero-order chi connectivity index (χ0) is 23.4. The SMILES string of the molecule is CC(=O)N1CCN(c2ccc(C(F)(F)F)cc2-n2c(N)c3c(cc2=O)C(=O)NC3=O)CC1. The van der Waals surface area contributed by atoms with Gasteiger partial charge in [0, 0.05) is 39.2 Å². The van der Waals surface area contributed by atoms with E-state index in [-0.39, 0.29) is 28.4 Å². The molecule has 1 aromatic heterocycles. The van der Waals surface area contributed by atoms with Gasteiger partial charge in [-0.3, -0.25) is 29.1 Å². The van der Waals surface area contributed by atoms with Crippen LogP contribution in [0.5, 0.6) is 0 Å². The van der Waals surface area contributed by atoms with Gasteiger partial charge in [-0.15, -0.1) is 0 Å². The van der Waals surface area contributed by atoms with Gasteiger partial charge in [0.2, 0.25) is 5.91 Å². The van der Waals surface area contributed by atoms with Crippen LogP contribution in [0.15, 0.2) is 29.1 Å². The van der Waals surface area contributed by atoms with Crippen molar-refractivity contribution in [2.24, 2.45) is 0 Å². The first-order valence-corrected chi connectivity index (χ1v) is 9.62. The lowest BCUT2D eigenvalue weighted by molar-refractivity contribution is -0.137. The first-order chi connectivity index (χ1) is 15.0. The molecule has 3 amide bonds. The number of carbonyl (C=O) groups is 3. The minimum atomic E-state index is -4.69. The van der Waals surface area contributed by atoms with Gasteiger partial charge in [-0.2, -0.15) is 13.2 Å². The number of halogens is 3. The van der Waals surface area contributed by atoms with E-state index < -0.39 is 34.9 Å². The number of piperazine rings is 1. The van der Waals surface area contributed by atoms with Crippen LogP contribution in [0.2, 0.25) is 0 Å². The van der Waals surface area contributed by atoms with Crippen LogP contribution in [0.1, 0.15) is 33.2 Å². The number of benzene rings is 1. The Morgan fingerprint density at radius 3 is 2.25 bits per heavy atom. The first kappa shape index (κ1) is 21.4.